The van der Waals surface area contributed by atoms with Gasteiger partial charge in [-0.15, -0.1) is 0 Å². The molecule has 0 radical (unpaired) electrons. The molecule has 0 aliphatic heterocycles. The number of ether oxygens (including phenoxy) is 1. The van der Waals surface area contributed by atoms with Crippen LogP contribution in [0, 0.1) is 0 Å². The van der Waals surface area contributed by atoms with Crippen molar-refractivity contribution in [2.45, 2.75) is 72.1 Å². The second-order valence-electron chi connectivity index (χ2n) is 6.85. The summed E-state index contributed by atoms with van der Waals surface area (Å²) in [6.07, 6.45) is 15.5. The van der Waals surface area contributed by atoms with E-state index >= 15 is 0 Å². The molecule has 2 nitrogen and oxygen atoms in total. The second kappa shape index (κ2) is 12.3. The van der Waals surface area contributed by atoms with Crippen LogP contribution >= 0.6 is 17.2 Å². The molecule has 0 aliphatic carbocycles. The van der Waals surface area contributed by atoms with Crippen LogP contribution < -0.4 is 0 Å². The van der Waals surface area contributed by atoms with E-state index in [2.05, 4.69) is 27.4 Å². The van der Waals surface area contributed by atoms with Gasteiger partial charge in [-0.25, -0.2) is 0 Å². The van der Waals surface area contributed by atoms with Crippen molar-refractivity contribution in [2.75, 3.05) is 31.3 Å². The molecule has 0 fully saturated rings. The molecule has 0 unspecified atom stereocenters. The normalized spacial score (nSPS) is 13.3. The summed E-state index contributed by atoms with van der Waals surface area (Å²) in [6.45, 7) is 10.7. The Morgan fingerprint density at radius 2 is 1.35 bits per heavy atom. The fraction of sp³-hybridized carbons (Fsp3) is 0.842. The molecule has 0 aromatic heterocycles. The molecule has 4 heteroatoms. The van der Waals surface area contributed by atoms with Gasteiger partial charge in [-0.1, -0.05) is 0 Å². The first kappa shape index (κ1) is 22.9. The van der Waals surface area contributed by atoms with E-state index < -0.39 is 5.96 Å². The summed E-state index contributed by atoms with van der Waals surface area (Å²) in [5, 5.41) is 0. The molecule has 0 N–H and O–H groups in total. The maximum absolute atomic E-state index is 11.1. The third kappa shape index (κ3) is 9.72. The van der Waals surface area contributed by atoms with Gasteiger partial charge in [0.25, 0.3) is 0 Å². The van der Waals surface area contributed by atoms with Crippen LogP contribution in [-0.2, 0) is 9.53 Å². The minimum absolute atomic E-state index is 0.323. The Labute approximate surface area is 149 Å². The van der Waals surface area contributed by atoms with E-state index in [9.17, 15) is 4.79 Å². The quantitative estimate of drug-likeness (QED) is 0.141. The van der Waals surface area contributed by atoms with E-state index in [4.69, 9.17) is 16.0 Å². The van der Waals surface area contributed by atoms with E-state index in [0.29, 0.717) is 6.61 Å². The summed E-state index contributed by atoms with van der Waals surface area (Å²) in [5.74, 6) is -2.44. The van der Waals surface area contributed by atoms with Crippen LogP contribution in [0.2, 0.25) is 0 Å². The molecule has 0 amide bonds. The van der Waals surface area contributed by atoms with Crippen LogP contribution in [0.5, 0.6) is 0 Å². The number of esters is 1. The first-order valence-electron chi connectivity index (χ1n) is 9.45. The van der Waals surface area contributed by atoms with Gasteiger partial charge in [0.1, 0.15) is 0 Å². The molecule has 0 rings (SSSR count). The Morgan fingerprint density at radius 1 is 0.913 bits per heavy atom. The van der Waals surface area contributed by atoms with E-state index in [0.717, 1.165) is 19.0 Å². The molecular formula is C19H38ClO2P. The van der Waals surface area contributed by atoms with Gasteiger partial charge in [0.15, 0.2) is 0 Å². The Morgan fingerprint density at radius 3 is 1.74 bits per heavy atom. The molecule has 0 saturated heterocycles. The summed E-state index contributed by atoms with van der Waals surface area (Å²) in [7, 11) is 0. The predicted octanol–water partition coefficient (Wildman–Crippen LogP) is 6.60. The van der Waals surface area contributed by atoms with Crippen molar-refractivity contribution >= 4 is 23.2 Å². The van der Waals surface area contributed by atoms with E-state index in [1.54, 1.807) is 0 Å². The van der Waals surface area contributed by atoms with Gasteiger partial charge >= 0.3 is 149 Å². The van der Waals surface area contributed by atoms with Crippen molar-refractivity contribution in [3.63, 3.8) is 0 Å². The van der Waals surface area contributed by atoms with Crippen molar-refractivity contribution in [2.24, 2.45) is 0 Å². The summed E-state index contributed by atoms with van der Waals surface area (Å²) in [5.41, 5.74) is 0. The van der Waals surface area contributed by atoms with Crippen molar-refractivity contribution < 1.29 is 9.53 Å². The van der Waals surface area contributed by atoms with Crippen LogP contribution in [0.3, 0.4) is 0 Å². The zero-order chi connectivity index (χ0) is 17.6. The molecule has 23 heavy (non-hydrogen) atoms. The molecule has 0 atom stereocenters. The SMILES string of the molecule is C=CC(=O)OCCCCP(Cl)(CCCC)(CCCC)CCCC. The molecule has 0 aromatic rings. The van der Waals surface area contributed by atoms with Crippen molar-refractivity contribution in [1.29, 1.82) is 0 Å². The molecule has 0 saturated carbocycles. The number of hydrogen-bond acceptors (Lipinski definition) is 2. The van der Waals surface area contributed by atoms with Gasteiger partial charge in [-0.3, -0.25) is 0 Å². The molecule has 0 aromatic carbocycles. The minimum atomic E-state index is -2.12. The van der Waals surface area contributed by atoms with Gasteiger partial charge in [-0.05, 0) is 0 Å². The summed E-state index contributed by atoms with van der Waals surface area (Å²) >= 11 is 7.51. The number of halogens is 1. The first-order valence-corrected chi connectivity index (χ1v) is 13.3. The number of hydrogen-bond donors (Lipinski definition) is 0. The molecule has 0 heterocycles. The fourth-order valence-electron chi connectivity index (χ4n) is 3.17. The Hall–Kier alpha value is -0.0700. The van der Waals surface area contributed by atoms with Crippen LogP contribution in [0.1, 0.15) is 72.1 Å². The zero-order valence-corrected chi connectivity index (χ0v) is 17.3. The van der Waals surface area contributed by atoms with Crippen molar-refractivity contribution in [3.8, 4) is 0 Å². The monoisotopic (exact) mass is 364 g/mol. The Balaban J connectivity index is 4.70. The molecule has 138 valence electrons. The zero-order valence-electron chi connectivity index (χ0n) is 15.6. The van der Waals surface area contributed by atoms with E-state index in [-0.39, 0.29) is 5.97 Å². The number of unbranched alkanes of at least 4 members (excludes halogenated alkanes) is 4. The summed E-state index contributed by atoms with van der Waals surface area (Å²) < 4.78 is 5.10. The Kier molecular flexibility index (Phi) is 12.3. The molecule has 0 bridgehead atoms. The van der Waals surface area contributed by atoms with Gasteiger partial charge in [-0.2, -0.15) is 0 Å². The average Bonchev–Trinajstić information content (AvgIpc) is 2.56. The topological polar surface area (TPSA) is 26.3 Å². The van der Waals surface area contributed by atoms with Crippen molar-refractivity contribution in [1.82, 2.24) is 0 Å². The number of carbonyl (C=O) groups excluding carboxylic acids is 1. The fourth-order valence-corrected chi connectivity index (χ4v) is 10.3. The van der Waals surface area contributed by atoms with Crippen LogP contribution in [0.4, 0.5) is 0 Å². The van der Waals surface area contributed by atoms with Crippen molar-refractivity contribution in [3.05, 3.63) is 12.7 Å². The molecule has 0 aliphatic rings. The van der Waals surface area contributed by atoms with Gasteiger partial charge in [0.05, 0.1) is 0 Å². The summed E-state index contributed by atoms with van der Waals surface area (Å²) in [4.78, 5) is 11.1. The number of carbonyl (C=O) groups is 1. The summed E-state index contributed by atoms with van der Waals surface area (Å²) in [6, 6.07) is 0. The average molecular weight is 365 g/mol. The van der Waals surface area contributed by atoms with E-state index in [1.165, 1.54) is 63.1 Å². The van der Waals surface area contributed by atoms with Gasteiger partial charge in [0, 0.05) is 0 Å². The third-order valence-corrected chi connectivity index (χ3v) is 12.5. The third-order valence-electron chi connectivity index (χ3n) is 4.73. The second-order valence-corrected chi connectivity index (χ2v) is 15.2. The van der Waals surface area contributed by atoms with Gasteiger partial charge in [0.2, 0.25) is 0 Å². The molecule has 0 spiro atoms. The van der Waals surface area contributed by atoms with Crippen LogP contribution in [0.25, 0.3) is 0 Å². The first-order chi connectivity index (χ1) is 10.9. The standard InChI is InChI=1S/C19H38ClO2P/c1-5-9-15-23(20,16-10-6-2,17-11-7-3)18-13-12-14-22-19(21)8-4/h8H,4-7,9-18H2,1-3H3. The van der Waals surface area contributed by atoms with Crippen LogP contribution in [-0.4, -0.2) is 37.2 Å². The Bertz CT molecular complexity index is 320. The maximum atomic E-state index is 11.1. The van der Waals surface area contributed by atoms with Crippen LogP contribution in [0.15, 0.2) is 12.7 Å². The predicted molar refractivity (Wildman–Crippen MR) is 107 cm³/mol. The van der Waals surface area contributed by atoms with Gasteiger partial charge < -0.3 is 0 Å². The van der Waals surface area contributed by atoms with E-state index in [1.807, 2.05) is 0 Å². The molecular weight excluding hydrogens is 327 g/mol. The number of rotatable bonds is 15.